The van der Waals surface area contributed by atoms with Crippen molar-refractivity contribution in [3.8, 4) is 0 Å². The monoisotopic (exact) mass is 288 g/mol. The van der Waals surface area contributed by atoms with Gasteiger partial charge in [-0.25, -0.2) is 0 Å². The Hall–Kier alpha value is -1.84. The number of rotatable bonds is 4. The number of anilines is 1. The van der Waals surface area contributed by atoms with Crippen molar-refractivity contribution in [1.29, 1.82) is 0 Å². The summed E-state index contributed by atoms with van der Waals surface area (Å²) in [6, 6.07) is 9.58. The molecule has 2 amide bonds. The predicted molar refractivity (Wildman–Crippen MR) is 83.9 cm³/mol. The van der Waals surface area contributed by atoms with E-state index >= 15 is 0 Å². The molecule has 114 valence electrons. The molecule has 0 atom stereocenters. The minimum Gasteiger partial charge on any atom is -0.331 e. The quantitative estimate of drug-likeness (QED) is 0.865. The second-order valence-corrected chi connectivity index (χ2v) is 5.71. The summed E-state index contributed by atoms with van der Waals surface area (Å²) in [5.41, 5.74) is 0.770. The molecule has 1 aromatic carbocycles. The predicted octanol–water partition coefficient (Wildman–Crippen LogP) is 3.20. The molecule has 1 N–H and O–H groups in total. The van der Waals surface area contributed by atoms with Crippen molar-refractivity contribution >= 4 is 17.5 Å². The van der Waals surface area contributed by atoms with E-state index in [4.69, 9.17) is 0 Å². The average Bonchev–Trinajstić information content (AvgIpc) is 2.74. The van der Waals surface area contributed by atoms with Crippen molar-refractivity contribution < 1.29 is 9.59 Å². The van der Waals surface area contributed by atoms with Crippen LogP contribution in [-0.4, -0.2) is 29.3 Å². The van der Waals surface area contributed by atoms with Gasteiger partial charge in [-0.3, -0.25) is 9.59 Å². The fraction of sp³-hybridized carbons (Fsp3) is 0.529. The standard InChI is InChI=1S/C17H24N2O2/c1-14(20)19(16-11-7-2-3-8-12-16)13-17(21)18-15-9-5-4-6-10-15/h4-6,9-10,16H,2-3,7-8,11-13H2,1H3,(H,18,21). The van der Waals surface area contributed by atoms with Gasteiger partial charge >= 0.3 is 0 Å². The number of nitrogens with one attached hydrogen (secondary N) is 1. The third-order valence-corrected chi connectivity index (χ3v) is 4.04. The van der Waals surface area contributed by atoms with Crippen molar-refractivity contribution in [3.63, 3.8) is 0 Å². The van der Waals surface area contributed by atoms with Crippen LogP contribution >= 0.6 is 0 Å². The molecule has 4 heteroatoms. The van der Waals surface area contributed by atoms with Gasteiger partial charge in [-0.2, -0.15) is 0 Å². The Morgan fingerprint density at radius 2 is 1.71 bits per heavy atom. The second kappa shape index (κ2) is 7.81. The molecule has 0 heterocycles. The maximum Gasteiger partial charge on any atom is 0.244 e. The first-order valence-corrected chi connectivity index (χ1v) is 7.79. The molecule has 0 radical (unpaired) electrons. The number of amides is 2. The molecular formula is C17H24N2O2. The van der Waals surface area contributed by atoms with Gasteiger partial charge < -0.3 is 10.2 Å². The lowest BCUT2D eigenvalue weighted by molar-refractivity contribution is -0.135. The minimum atomic E-state index is -0.124. The lowest BCUT2D eigenvalue weighted by atomic mass is 10.1. The van der Waals surface area contributed by atoms with E-state index in [0.29, 0.717) is 0 Å². The van der Waals surface area contributed by atoms with Crippen LogP contribution in [0.4, 0.5) is 5.69 Å². The van der Waals surface area contributed by atoms with Gasteiger partial charge in [-0.1, -0.05) is 43.9 Å². The van der Waals surface area contributed by atoms with Gasteiger partial charge in [-0.15, -0.1) is 0 Å². The highest BCUT2D eigenvalue weighted by atomic mass is 16.2. The molecule has 0 saturated heterocycles. The van der Waals surface area contributed by atoms with Crippen molar-refractivity contribution in [2.75, 3.05) is 11.9 Å². The molecule has 1 aromatic rings. The maximum absolute atomic E-state index is 12.2. The van der Waals surface area contributed by atoms with Gasteiger partial charge in [0.15, 0.2) is 0 Å². The third-order valence-electron chi connectivity index (χ3n) is 4.04. The molecule has 0 unspecified atom stereocenters. The van der Waals surface area contributed by atoms with E-state index in [0.717, 1.165) is 31.4 Å². The smallest absolute Gasteiger partial charge is 0.244 e. The van der Waals surface area contributed by atoms with E-state index in [2.05, 4.69) is 5.32 Å². The van der Waals surface area contributed by atoms with Gasteiger partial charge in [0.2, 0.25) is 11.8 Å². The average molecular weight is 288 g/mol. The fourth-order valence-corrected chi connectivity index (χ4v) is 2.94. The van der Waals surface area contributed by atoms with Crippen LogP contribution in [0, 0.1) is 0 Å². The van der Waals surface area contributed by atoms with Crippen LogP contribution in [0.3, 0.4) is 0 Å². The number of carbonyl (C=O) groups excluding carboxylic acids is 2. The first-order valence-electron chi connectivity index (χ1n) is 7.79. The number of para-hydroxylation sites is 1. The molecule has 0 bridgehead atoms. The Morgan fingerprint density at radius 3 is 2.29 bits per heavy atom. The summed E-state index contributed by atoms with van der Waals surface area (Å²) >= 11 is 0. The van der Waals surface area contributed by atoms with Gasteiger partial charge in [0.25, 0.3) is 0 Å². The van der Waals surface area contributed by atoms with Gasteiger partial charge in [0, 0.05) is 18.7 Å². The summed E-state index contributed by atoms with van der Waals surface area (Å²) in [6.45, 7) is 1.70. The van der Waals surface area contributed by atoms with E-state index < -0.39 is 0 Å². The summed E-state index contributed by atoms with van der Waals surface area (Å²) in [4.78, 5) is 25.8. The number of carbonyl (C=O) groups is 2. The van der Waals surface area contributed by atoms with E-state index in [1.807, 2.05) is 30.3 Å². The van der Waals surface area contributed by atoms with Gasteiger partial charge in [0.1, 0.15) is 6.54 Å². The van der Waals surface area contributed by atoms with Crippen LogP contribution in [-0.2, 0) is 9.59 Å². The molecular weight excluding hydrogens is 264 g/mol. The van der Waals surface area contributed by atoms with E-state index in [9.17, 15) is 9.59 Å². The van der Waals surface area contributed by atoms with Crippen molar-refractivity contribution in [3.05, 3.63) is 30.3 Å². The Morgan fingerprint density at radius 1 is 1.10 bits per heavy atom. The SMILES string of the molecule is CC(=O)N(CC(=O)Nc1ccccc1)C1CCCCCC1. The molecule has 1 saturated carbocycles. The lowest BCUT2D eigenvalue weighted by Crippen LogP contribution is -2.43. The van der Waals surface area contributed by atoms with Crippen LogP contribution in [0.15, 0.2) is 30.3 Å². The van der Waals surface area contributed by atoms with E-state index in [1.54, 1.807) is 11.8 Å². The summed E-state index contributed by atoms with van der Waals surface area (Å²) in [5.74, 6) is -0.134. The molecule has 1 aliphatic carbocycles. The molecule has 1 fully saturated rings. The van der Waals surface area contributed by atoms with Crippen LogP contribution < -0.4 is 5.32 Å². The minimum absolute atomic E-state index is 0.00916. The Labute approximate surface area is 126 Å². The zero-order valence-electron chi connectivity index (χ0n) is 12.7. The molecule has 21 heavy (non-hydrogen) atoms. The molecule has 0 spiro atoms. The topological polar surface area (TPSA) is 49.4 Å². The van der Waals surface area contributed by atoms with Crippen molar-refractivity contribution in [1.82, 2.24) is 4.90 Å². The van der Waals surface area contributed by atoms with Crippen molar-refractivity contribution in [2.45, 2.75) is 51.5 Å². The zero-order valence-corrected chi connectivity index (χ0v) is 12.7. The Balaban J connectivity index is 1.95. The first kappa shape index (κ1) is 15.5. The Kier molecular flexibility index (Phi) is 5.78. The fourth-order valence-electron chi connectivity index (χ4n) is 2.94. The number of benzene rings is 1. The molecule has 4 nitrogen and oxygen atoms in total. The van der Waals surface area contributed by atoms with Crippen molar-refractivity contribution in [2.24, 2.45) is 0 Å². The first-order chi connectivity index (χ1) is 10.2. The highest BCUT2D eigenvalue weighted by molar-refractivity contribution is 5.94. The number of nitrogens with zero attached hydrogens (tertiary/aromatic N) is 1. The number of hydrogen-bond acceptors (Lipinski definition) is 2. The normalized spacial score (nSPS) is 16.0. The highest BCUT2D eigenvalue weighted by Crippen LogP contribution is 2.22. The summed E-state index contributed by atoms with van der Waals surface area (Å²) in [7, 11) is 0. The van der Waals surface area contributed by atoms with Crippen LogP contribution in [0.2, 0.25) is 0 Å². The summed E-state index contributed by atoms with van der Waals surface area (Å²) in [5, 5.41) is 2.85. The zero-order chi connectivity index (χ0) is 15.1. The van der Waals surface area contributed by atoms with E-state index in [1.165, 1.54) is 12.8 Å². The lowest BCUT2D eigenvalue weighted by Gasteiger charge is -2.29. The van der Waals surface area contributed by atoms with Gasteiger partial charge in [0.05, 0.1) is 0 Å². The summed E-state index contributed by atoms with van der Waals surface area (Å²) in [6.07, 6.45) is 6.79. The van der Waals surface area contributed by atoms with Crippen LogP contribution in [0.1, 0.15) is 45.4 Å². The Bertz CT molecular complexity index is 465. The third kappa shape index (κ3) is 4.88. The second-order valence-electron chi connectivity index (χ2n) is 5.71. The van der Waals surface area contributed by atoms with E-state index in [-0.39, 0.29) is 24.4 Å². The van der Waals surface area contributed by atoms with Crippen LogP contribution in [0.5, 0.6) is 0 Å². The highest BCUT2D eigenvalue weighted by Gasteiger charge is 2.24. The molecule has 1 aliphatic rings. The molecule has 0 aliphatic heterocycles. The van der Waals surface area contributed by atoms with Crippen LogP contribution in [0.25, 0.3) is 0 Å². The van der Waals surface area contributed by atoms with Gasteiger partial charge in [-0.05, 0) is 25.0 Å². The number of hydrogen-bond donors (Lipinski definition) is 1. The maximum atomic E-state index is 12.2. The largest absolute Gasteiger partial charge is 0.331 e. The molecule has 2 rings (SSSR count). The summed E-state index contributed by atoms with van der Waals surface area (Å²) < 4.78 is 0. The molecule has 0 aromatic heterocycles.